The Morgan fingerprint density at radius 1 is 1.12 bits per heavy atom. The van der Waals surface area contributed by atoms with E-state index in [1.165, 1.54) is 6.07 Å². The van der Waals surface area contributed by atoms with Crippen molar-refractivity contribution in [3.63, 3.8) is 0 Å². The van der Waals surface area contributed by atoms with Crippen LogP contribution in [0, 0.1) is 11.6 Å². The number of hydrogen-bond donors (Lipinski definition) is 0. The van der Waals surface area contributed by atoms with Gasteiger partial charge >= 0.3 is 0 Å². The van der Waals surface area contributed by atoms with Gasteiger partial charge in [0.15, 0.2) is 18.2 Å². The van der Waals surface area contributed by atoms with Crippen LogP contribution in [-0.4, -0.2) is 48.6 Å². The van der Waals surface area contributed by atoms with E-state index in [1.807, 2.05) is 18.2 Å². The van der Waals surface area contributed by atoms with Gasteiger partial charge in [-0.3, -0.25) is 4.79 Å². The molecule has 1 aliphatic rings. The van der Waals surface area contributed by atoms with Gasteiger partial charge in [0.05, 0.1) is 0 Å². The average molecular weight is 333 g/mol. The van der Waals surface area contributed by atoms with Crippen molar-refractivity contribution in [2.24, 2.45) is 0 Å². The maximum Gasteiger partial charge on any atom is 0.260 e. The van der Waals surface area contributed by atoms with Crippen LogP contribution in [0.5, 0.6) is 5.75 Å². The number of nitrogens with zero attached hydrogens (tertiary/aromatic N) is 3. The van der Waals surface area contributed by atoms with E-state index >= 15 is 0 Å². The number of pyridine rings is 1. The SMILES string of the molecule is O=C(COc1ccc(F)cc1F)N1CCN(c2ccccn2)CC1. The van der Waals surface area contributed by atoms with Gasteiger partial charge in [-0.05, 0) is 24.3 Å². The molecule has 5 nitrogen and oxygen atoms in total. The summed E-state index contributed by atoms with van der Waals surface area (Å²) in [5, 5.41) is 0. The Hall–Kier alpha value is -2.70. The normalized spacial score (nSPS) is 14.6. The first-order chi connectivity index (χ1) is 11.6. The third-order valence-electron chi connectivity index (χ3n) is 3.85. The van der Waals surface area contributed by atoms with Crippen molar-refractivity contribution < 1.29 is 18.3 Å². The molecule has 1 aromatic heterocycles. The van der Waals surface area contributed by atoms with Crippen molar-refractivity contribution >= 4 is 11.7 Å². The predicted octanol–water partition coefficient (Wildman–Crippen LogP) is 2.09. The molecule has 0 N–H and O–H groups in total. The minimum atomic E-state index is -0.817. The highest BCUT2D eigenvalue weighted by atomic mass is 19.1. The highest BCUT2D eigenvalue weighted by Gasteiger charge is 2.22. The minimum Gasteiger partial charge on any atom is -0.481 e. The van der Waals surface area contributed by atoms with Crippen molar-refractivity contribution in [1.82, 2.24) is 9.88 Å². The number of aromatic nitrogens is 1. The van der Waals surface area contributed by atoms with Gasteiger partial charge in [-0.15, -0.1) is 0 Å². The molecule has 1 aromatic carbocycles. The molecule has 24 heavy (non-hydrogen) atoms. The van der Waals surface area contributed by atoms with Crippen LogP contribution in [0.1, 0.15) is 0 Å². The highest BCUT2D eigenvalue weighted by molar-refractivity contribution is 5.78. The van der Waals surface area contributed by atoms with E-state index in [4.69, 9.17) is 4.74 Å². The van der Waals surface area contributed by atoms with E-state index in [1.54, 1.807) is 11.1 Å². The standard InChI is InChI=1S/C17H17F2N3O2/c18-13-4-5-15(14(19)11-13)24-12-17(23)22-9-7-21(8-10-22)16-3-1-2-6-20-16/h1-6,11H,7-10,12H2. The summed E-state index contributed by atoms with van der Waals surface area (Å²) in [4.78, 5) is 20.2. The molecule has 3 rings (SSSR count). The summed E-state index contributed by atoms with van der Waals surface area (Å²) in [5.74, 6) is -0.968. The topological polar surface area (TPSA) is 45.7 Å². The Bertz CT molecular complexity index is 704. The van der Waals surface area contributed by atoms with Crippen LogP contribution < -0.4 is 9.64 Å². The molecule has 1 amide bonds. The second kappa shape index (κ2) is 7.25. The van der Waals surface area contributed by atoms with Gasteiger partial charge < -0.3 is 14.5 Å². The summed E-state index contributed by atoms with van der Waals surface area (Å²) >= 11 is 0. The molecule has 0 bridgehead atoms. The number of halogens is 2. The fraction of sp³-hybridized carbons (Fsp3) is 0.294. The van der Waals surface area contributed by atoms with Crippen LogP contribution in [0.3, 0.4) is 0 Å². The van der Waals surface area contributed by atoms with E-state index in [0.29, 0.717) is 26.2 Å². The molecule has 2 heterocycles. The molecule has 1 aliphatic heterocycles. The first-order valence-corrected chi connectivity index (χ1v) is 7.65. The van der Waals surface area contributed by atoms with Crippen molar-refractivity contribution in [1.29, 1.82) is 0 Å². The summed E-state index contributed by atoms with van der Waals surface area (Å²) in [6.07, 6.45) is 1.73. The lowest BCUT2D eigenvalue weighted by molar-refractivity contribution is -0.133. The van der Waals surface area contributed by atoms with Crippen molar-refractivity contribution in [2.45, 2.75) is 0 Å². The molecule has 1 saturated heterocycles. The summed E-state index contributed by atoms with van der Waals surface area (Å²) in [6.45, 7) is 2.17. The molecular weight excluding hydrogens is 316 g/mol. The van der Waals surface area contributed by atoms with Crippen LogP contribution in [0.4, 0.5) is 14.6 Å². The number of amides is 1. The molecule has 2 aromatic rings. The fourth-order valence-electron chi connectivity index (χ4n) is 2.55. The highest BCUT2D eigenvalue weighted by Crippen LogP contribution is 2.18. The number of piperazine rings is 1. The Morgan fingerprint density at radius 3 is 2.58 bits per heavy atom. The lowest BCUT2D eigenvalue weighted by Crippen LogP contribution is -2.50. The summed E-state index contributed by atoms with van der Waals surface area (Å²) in [7, 11) is 0. The third-order valence-corrected chi connectivity index (χ3v) is 3.85. The van der Waals surface area contributed by atoms with Crippen LogP contribution >= 0.6 is 0 Å². The Labute approximate surface area is 138 Å². The van der Waals surface area contributed by atoms with Crippen LogP contribution in [0.2, 0.25) is 0 Å². The Morgan fingerprint density at radius 2 is 1.92 bits per heavy atom. The smallest absolute Gasteiger partial charge is 0.260 e. The monoisotopic (exact) mass is 333 g/mol. The van der Waals surface area contributed by atoms with E-state index in [-0.39, 0.29) is 18.3 Å². The lowest BCUT2D eigenvalue weighted by atomic mass is 10.3. The van der Waals surface area contributed by atoms with Crippen molar-refractivity contribution in [3.05, 3.63) is 54.2 Å². The quantitative estimate of drug-likeness (QED) is 0.859. The first kappa shape index (κ1) is 16.2. The molecule has 126 valence electrons. The van der Waals surface area contributed by atoms with Gasteiger partial charge in [0.25, 0.3) is 5.91 Å². The molecule has 0 atom stereocenters. The number of hydrogen-bond acceptors (Lipinski definition) is 4. The van der Waals surface area contributed by atoms with E-state index in [9.17, 15) is 13.6 Å². The molecule has 0 aliphatic carbocycles. The summed E-state index contributed by atoms with van der Waals surface area (Å²) < 4.78 is 31.5. The van der Waals surface area contributed by atoms with Crippen LogP contribution in [0.25, 0.3) is 0 Å². The van der Waals surface area contributed by atoms with E-state index in [2.05, 4.69) is 9.88 Å². The number of anilines is 1. The first-order valence-electron chi connectivity index (χ1n) is 7.65. The summed E-state index contributed by atoms with van der Waals surface area (Å²) in [5.41, 5.74) is 0. The van der Waals surface area contributed by atoms with Gasteiger partial charge in [-0.2, -0.15) is 0 Å². The largest absolute Gasteiger partial charge is 0.481 e. The second-order valence-corrected chi connectivity index (χ2v) is 5.42. The van der Waals surface area contributed by atoms with Gasteiger partial charge in [0, 0.05) is 38.4 Å². The molecule has 0 saturated carbocycles. The maximum atomic E-state index is 13.5. The minimum absolute atomic E-state index is 0.128. The zero-order valence-corrected chi connectivity index (χ0v) is 13.0. The third kappa shape index (κ3) is 3.79. The van der Waals surface area contributed by atoms with E-state index < -0.39 is 11.6 Å². The molecule has 0 radical (unpaired) electrons. The lowest BCUT2D eigenvalue weighted by Gasteiger charge is -2.35. The average Bonchev–Trinajstić information content (AvgIpc) is 2.62. The predicted molar refractivity (Wildman–Crippen MR) is 84.9 cm³/mol. The van der Waals surface area contributed by atoms with E-state index in [0.717, 1.165) is 18.0 Å². The molecule has 7 heteroatoms. The molecule has 0 spiro atoms. The zero-order valence-electron chi connectivity index (χ0n) is 13.0. The maximum absolute atomic E-state index is 13.5. The number of carbonyl (C=O) groups is 1. The zero-order chi connectivity index (χ0) is 16.9. The molecule has 1 fully saturated rings. The van der Waals surface area contributed by atoms with Gasteiger partial charge in [0.1, 0.15) is 11.6 Å². The van der Waals surface area contributed by atoms with Crippen molar-refractivity contribution in [2.75, 3.05) is 37.7 Å². The Kier molecular flexibility index (Phi) is 4.88. The fourth-order valence-corrected chi connectivity index (χ4v) is 2.55. The van der Waals surface area contributed by atoms with Gasteiger partial charge in [-0.25, -0.2) is 13.8 Å². The molecule has 0 unspecified atom stereocenters. The molecular formula is C17H17F2N3O2. The Balaban J connectivity index is 1.50. The van der Waals surface area contributed by atoms with Gasteiger partial charge in [0.2, 0.25) is 0 Å². The van der Waals surface area contributed by atoms with Crippen LogP contribution in [-0.2, 0) is 4.79 Å². The number of rotatable bonds is 4. The van der Waals surface area contributed by atoms with Crippen LogP contribution in [0.15, 0.2) is 42.6 Å². The second-order valence-electron chi connectivity index (χ2n) is 5.42. The van der Waals surface area contributed by atoms with Gasteiger partial charge in [-0.1, -0.05) is 6.07 Å². The summed E-state index contributed by atoms with van der Waals surface area (Å²) in [6, 6.07) is 8.70. The van der Waals surface area contributed by atoms with Crippen molar-refractivity contribution in [3.8, 4) is 5.75 Å². The number of ether oxygens (including phenoxy) is 1. The number of carbonyl (C=O) groups excluding carboxylic acids is 1. The number of benzene rings is 1.